The van der Waals surface area contributed by atoms with Crippen molar-refractivity contribution in [3.8, 4) is 0 Å². The van der Waals surface area contributed by atoms with E-state index in [2.05, 4.69) is 11.6 Å². The van der Waals surface area contributed by atoms with Crippen LogP contribution in [-0.4, -0.2) is 29.5 Å². The summed E-state index contributed by atoms with van der Waals surface area (Å²) in [6.07, 6.45) is 6.82. The number of thioether (sulfide) groups is 1. The Morgan fingerprint density at radius 2 is 2.06 bits per heavy atom. The van der Waals surface area contributed by atoms with Gasteiger partial charge in [0.2, 0.25) is 5.91 Å². The van der Waals surface area contributed by atoms with Gasteiger partial charge in [-0.15, -0.1) is 0 Å². The molecule has 0 spiro atoms. The van der Waals surface area contributed by atoms with Gasteiger partial charge in [-0.25, -0.2) is 0 Å². The first-order valence-electron chi connectivity index (χ1n) is 6.43. The van der Waals surface area contributed by atoms with Gasteiger partial charge in [0, 0.05) is 11.3 Å². The number of nitrogens with one attached hydrogen (secondary N) is 1. The van der Waals surface area contributed by atoms with E-state index in [1.807, 2.05) is 32.5 Å². The predicted molar refractivity (Wildman–Crippen MR) is 75.1 cm³/mol. The number of hydrogen-bond donors (Lipinski definition) is 2. The zero-order valence-corrected chi connectivity index (χ0v) is 12.3. The molecule has 1 rings (SSSR count). The molecule has 0 aromatic carbocycles. The van der Waals surface area contributed by atoms with Crippen LogP contribution in [0.5, 0.6) is 0 Å². The fourth-order valence-electron chi connectivity index (χ4n) is 2.17. The van der Waals surface area contributed by atoms with E-state index in [0.29, 0.717) is 11.3 Å². The van der Waals surface area contributed by atoms with E-state index in [1.165, 1.54) is 12.8 Å². The van der Waals surface area contributed by atoms with Crippen LogP contribution in [0.2, 0.25) is 0 Å². The number of hydrogen-bond acceptors (Lipinski definition) is 3. The molecule has 0 saturated heterocycles. The molecular formula is C13H26N2OS. The summed E-state index contributed by atoms with van der Waals surface area (Å²) in [5.41, 5.74) is 5.79. The van der Waals surface area contributed by atoms with Gasteiger partial charge in [-0.05, 0) is 30.9 Å². The van der Waals surface area contributed by atoms with Crippen molar-refractivity contribution in [2.75, 3.05) is 6.26 Å². The summed E-state index contributed by atoms with van der Waals surface area (Å²) in [4.78, 5) is 12.0. The molecule has 0 aromatic rings. The summed E-state index contributed by atoms with van der Waals surface area (Å²) >= 11 is 1.91. The molecule has 0 bridgehead atoms. The number of carbonyl (C=O) groups excluding carboxylic acids is 1. The van der Waals surface area contributed by atoms with Gasteiger partial charge in [0.1, 0.15) is 0 Å². The van der Waals surface area contributed by atoms with Crippen LogP contribution in [0.25, 0.3) is 0 Å². The smallest absolute Gasteiger partial charge is 0.237 e. The molecule has 100 valence electrons. The third kappa shape index (κ3) is 4.51. The van der Waals surface area contributed by atoms with Crippen molar-refractivity contribution < 1.29 is 4.79 Å². The van der Waals surface area contributed by atoms with Gasteiger partial charge < -0.3 is 11.1 Å². The quantitative estimate of drug-likeness (QED) is 0.815. The standard InChI is InChI=1S/C13H26N2OS/c1-13(2,3)11(14)12(16)15-9-6-5-7-10(8-9)17-4/h9-11H,5-8,14H2,1-4H3,(H,15,16). The lowest BCUT2D eigenvalue weighted by atomic mass is 9.86. The topological polar surface area (TPSA) is 55.1 Å². The summed E-state index contributed by atoms with van der Waals surface area (Å²) in [5.74, 6) is 0.00394. The van der Waals surface area contributed by atoms with E-state index in [0.717, 1.165) is 12.8 Å². The summed E-state index contributed by atoms with van der Waals surface area (Å²) in [6, 6.07) is -0.0979. The van der Waals surface area contributed by atoms with E-state index >= 15 is 0 Å². The monoisotopic (exact) mass is 258 g/mol. The van der Waals surface area contributed by atoms with Gasteiger partial charge in [0.25, 0.3) is 0 Å². The molecule has 3 nitrogen and oxygen atoms in total. The van der Waals surface area contributed by atoms with Gasteiger partial charge in [-0.1, -0.05) is 27.2 Å². The first-order chi connectivity index (χ1) is 7.84. The molecule has 3 atom stereocenters. The van der Waals surface area contributed by atoms with Crippen molar-refractivity contribution in [2.45, 2.75) is 63.8 Å². The Hall–Kier alpha value is -0.220. The number of nitrogens with two attached hydrogens (primary N) is 1. The van der Waals surface area contributed by atoms with Crippen molar-refractivity contribution in [2.24, 2.45) is 11.1 Å². The molecule has 17 heavy (non-hydrogen) atoms. The highest BCUT2D eigenvalue weighted by atomic mass is 32.2. The van der Waals surface area contributed by atoms with Gasteiger partial charge in [0.15, 0.2) is 0 Å². The maximum atomic E-state index is 12.0. The van der Waals surface area contributed by atoms with Gasteiger partial charge in [-0.3, -0.25) is 4.79 Å². The molecule has 3 N–H and O–H groups in total. The fourth-order valence-corrected chi connectivity index (χ4v) is 3.00. The van der Waals surface area contributed by atoms with Gasteiger partial charge in [-0.2, -0.15) is 11.8 Å². The molecule has 4 heteroatoms. The molecule has 1 aliphatic carbocycles. The zero-order valence-electron chi connectivity index (χ0n) is 11.5. The fraction of sp³-hybridized carbons (Fsp3) is 0.923. The van der Waals surface area contributed by atoms with E-state index in [1.54, 1.807) is 0 Å². The van der Waals surface area contributed by atoms with Crippen LogP contribution in [0, 0.1) is 5.41 Å². The molecule has 0 radical (unpaired) electrons. The normalized spacial score (nSPS) is 27.6. The molecular weight excluding hydrogens is 232 g/mol. The van der Waals surface area contributed by atoms with Crippen LogP contribution in [0.15, 0.2) is 0 Å². The molecule has 1 fully saturated rings. The first kappa shape index (κ1) is 14.8. The maximum absolute atomic E-state index is 12.0. The second kappa shape index (κ2) is 6.10. The minimum absolute atomic E-state index is 0.00394. The summed E-state index contributed by atoms with van der Waals surface area (Å²) in [6.45, 7) is 6.01. The lowest BCUT2D eigenvalue weighted by Crippen LogP contribution is -2.52. The molecule has 1 amide bonds. The molecule has 3 unspecified atom stereocenters. The Labute approximate surface area is 109 Å². The third-order valence-corrected chi connectivity index (χ3v) is 4.62. The number of amides is 1. The Morgan fingerprint density at radius 3 is 2.59 bits per heavy atom. The van der Waals surface area contributed by atoms with E-state index < -0.39 is 6.04 Å². The van der Waals surface area contributed by atoms with Crippen molar-refractivity contribution in [1.29, 1.82) is 0 Å². The minimum Gasteiger partial charge on any atom is -0.352 e. The second-order valence-corrected chi connectivity index (χ2v) is 7.21. The Bertz CT molecular complexity index is 263. The zero-order chi connectivity index (χ0) is 13.1. The lowest BCUT2D eigenvalue weighted by molar-refractivity contribution is -0.125. The molecule has 1 aliphatic rings. The van der Waals surface area contributed by atoms with Crippen LogP contribution in [0.4, 0.5) is 0 Å². The van der Waals surface area contributed by atoms with Gasteiger partial charge in [0.05, 0.1) is 6.04 Å². The third-order valence-electron chi connectivity index (χ3n) is 3.52. The largest absolute Gasteiger partial charge is 0.352 e. The SMILES string of the molecule is CSC1CCCC(NC(=O)C(N)C(C)(C)C)C1. The lowest BCUT2D eigenvalue weighted by Gasteiger charge is -2.32. The highest BCUT2D eigenvalue weighted by Gasteiger charge is 2.30. The van der Waals surface area contributed by atoms with E-state index in [4.69, 9.17) is 5.73 Å². The minimum atomic E-state index is -0.419. The second-order valence-electron chi connectivity index (χ2n) is 6.07. The van der Waals surface area contributed by atoms with E-state index in [9.17, 15) is 4.79 Å². The number of rotatable bonds is 3. The van der Waals surface area contributed by atoms with Crippen LogP contribution in [-0.2, 0) is 4.79 Å². The predicted octanol–water partition coefficient (Wildman–Crippen LogP) is 2.15. The van der Waals surface area contributed by atoms with Crippen molar-refractivity contribution in [3.63, 3.8) is 0 Å². The van der Waals surface area contributed by atoms with Crippen LogP contribution in [0.3, 0.4) is 0 Å². The molecule has 1 saturated carbocycles. The van der Waals surface area contributed by atoms with Crippen LogP contribution < -0.4 is 11.1 Å². The molecule has 0 heterocycles. The van der Waals surface area contributed by atoms with Gasteiger partial charge >= 0.3 is 0 Å². The Balaban J connectivity index is 2.46. The molecule has 0 aromatic heterocycles. The summed E-state index contributed by atoms with van der Waals surface area (Å²) < 4.78 is 0. The van der Waals surface area contributed by atoms with Crippen molar-refractivity contribution in [3.05, 3.63) is 0 Å². The highest BCUT2D eigenvalue weighted by Crippen LogP contribution is 2.27. The number of carbonyl (C=O) groups is 1. The average molecular weight is 258 g/mol. The van der Waals surface area contributed by atoms with Crippen LogP contribution in [0.1, 0.15) is 46.5 Å². The average Bonchev–Trinajstić information content (AvgIpc) is 2.27. The summed E-state index contributed by atoms with van der Waals surface area (Å²) in [7, 11) is 0. The van der Waals surface area contributed by atoms with Crippen molar-refractivity contribution in [1.82, 2.24) is 5.32 Å². The Kier molecular flexibility index (Phi) is 5.32. The first-order valence-corrected chi connectivity index (χ1v) is 7.72. The Morgan fingerprint density at radius 1 is 1.41 bits per heavy atom. The summed E-state index contributed by atoms with van der Waals surface area (Å²) in [5, 5.41) is 3.81. The van der Waals surface area contributed by atoms with Crippen LogP contribution >= 0.6 is 11.8 Å². The maximum Gasteiger partial charge on any atom is 0.237 e. The van der Waals surface area contributed by atoms with Crippen molar-refractivity contribution >= 4 is 17.7 Å². The molecule has 0 aliphatic heterocycles. The van der Waals surface area contributed by atoms with E-state index in [-0.39, 0.29) is 11.3 Å². The highest BCUT2D eigenvalue weighted by molar-refractivity contribution is 7.99.